The van der Waals surface area contributed by atoms with Crippen LogP contribution < -0.4 is 5.73 Å². The third kappa shape index (κ3) is 5.17. The highest BCUT2D eigenvalue weighted by Crippen LogP contribution is 2.13. The fourth-order valence-electron chi connectivity index (χ4n) is 1.87. The molecule has 0 aliphatic heterocycles. The molecule has 1 aromatic carbocycles. The summed E-state index contributed by atoms with van der Waals surface area (Å²) in [6, 6.07) is 10.0. The second-order valence-corrected chi connectivity index (χ2v) is 5.39. The first kappa shape index (κ1) is 15.2. The molecule has 2 unspecified atom stereocenters. The smallest absolute Gasteiger partial charge is 0.0916 e. The first-order valence-electron chi connectivity index (χ1n) is 6.68. The van der Waals surface area contributed by atoms with E-state index < -0.39 is 6.10 Å². The van der Waals surface area contributed by atoms with Gasteiger partial charge < -0.3 is 15.7 Å². The highest BCUT2D eigenvalue weighted by atomic mass is 16.3. The first-order chi connectivity index (χ1) is 8.50. The van der Waals surface area contributed by atoms with Crippen LogP contribution in [-0.4, -0.2) is 36.2 Å². The average molecular weight is 250 g/mol. The van der Waals surface area contributed by atoms with Crippen LogP contribution in [0.3, 0.4) is 0 Å². The van der Waals surface area contributed by atoms with Gasteiger partial charge in [-0.1, -0.05) is 44.2 Å². The molecule has 0 aliphatic rings. The standard InChI is InChI=1S/C15H26N2O/c1-12(2)14(16)9-10-17(3)11-15(18)13-7-5-4-6-8-13/h4-8,12,14-15,18H,9-11,16H2,1-3H3. The van der Waals surface area contributed by atoms with Crippen LogP contribution in [0.25, 0.3) is 0 Å². The van der Waals surface area contributed by atoms with Crippen LogP contribution in [0.2, 0.25) is 0 Å². The number of benzene rings is 1. The van der Waals surface area contributed by atoms with Crippen LogP contribution in [0.4, 0.5) is 0 Å². The lowest BCUT2D eigenvalue weighted by molar-refractivity contribution is 0.124. The second kappa shape index (κ2) is 7.52. The lowest BCUT2D eigenvalue weighted by atomic mass is 10.0. The van der Waals surface area contributed by atoms with Gasteiger partial charge in [-0.2, -0.15) is 0 Å². The molecule has 3 N–H and O–H groups in total. The molecule has 0 aromatic heterocycles. The van der Waals surface area contributed by atoms with Gasteiger partial charge in [0.1, 0.15) is 0 Å². The average Bonchev–Trinajstić information content (AvgIpc) is 2.36. The van der Waals surface area contributed by atoms with Gasteiger partial charge in [0.05, 0.1) is 6.10 Å². The Morgan fingerprint density at radius 3 is 2.39 bits per heavy atom. The molecular formula is C15H26N2O. The van der Waals surface area contributed by atoms with Crippen molar-refractivity contribution < 1.29 is 5.11 Å². The molecule has 0 radical (unpaired) electrons. The van der Waals surface area contributed by atoms with E-state index in [-0.39, 0.29) is 6.04 Å². The number of nitrogens with zero attached hydrogens (tertiary/aromatic N) is 1. The van der Waals surface area contributed by atoms with Gasteiger partial charge in [0.25, 0.3) is 0 Å². The molecule has 0 saturated carbocycles. The number of hydrogen-bond acceptors (Lipinski definition) is 3. The Labute approximate surface area is 111 Å². The van der Waals surface area contributed by atoms with Crippen LogP contribution in [0, 0.1) is 5.92 Å². The molecule has 0 fully saturated rings. The van der Waals surface area contributed by atoms with Gasteiger partial charge in [-0.05, 0) is 31.5 Å². The van der Waals surface area contributed by atoms with E-state index in [1.54, 1.807) is 0 Å². The molecule has 0 saturated heterocycles. The largest absolute Gasteiger partial charge is 0.387 e. The molecule has 0 bridgehead atoms. The number of rotatable bonds is 7. The molecule has 0 aliphatic carbocycles. The Morgan fingerprint density at radius 2 is 1.83 bits per heavy atom. The summed E-state index contributed by atoms with van der Waals surface area (Å²) in [6.07, 6.45) is 0.543. The van der Waals surface area contributed by atoms with Crippen LogP contribution in [0.1, 0.15) is 31.9 Å². The van der Waals surface area contributed by atoms with E-state index in [1.807, 2.05) is 37.4 Å². The Balaban J connectivity index is 2.34. The van der Waals surface area contributed by atoms with Gasteiger partial charge in [0.15, 0.2) is 0 Å². The predicted octanol–water partition coefficient (Wildman–Crippen LogP) is 2.03. The normalized spacial score (nSPS) is 15.1. The van der Waals surface area contributed by atoms with Gasteiger partial charge in [-0.3, -0.25) is 0 Å². The van der Waals surface area contributed by atoms with Crippen molar-refractivity contribution in [2.24, 2.45) is 11.7 Å². The van der Waals surface area contributed by atoms with Gasteiger partial charge >= 0.3 is 0 Å². The van der Waals surface area contributed by atoms with Gasteiger partial charge in [-0.15, -0.1) is 0 Å². The molecule has 102 valence electrons. The zero-order valence-corrected chi connectivity index (χ0v) is 11.7. The number of likely N-dealkylation sites (N-methyl/N-ethyl adjacent to an activating group) is 1. The SMILES string of the molecule is CC(C)C(N)CCN(C)CC(O)c1ccccc1. The third-order valence-electron chi connectivity index (χ3n) is 3.37. The lowest BCUT2D eigenvalue weighted by Gasteiger charge is -2.23. The van der Waals surface area contributed by atoms with Crippen molar-refractivity contribution in [3.05, 3.63) is 35.9 Å². The topological polar surface area (TPSA) is 49.5 Å². The van der Waals surface area contributed by atoms with Gasteiger partial charge in [0.2, 0.25) is 0 Å². The summed E-state index contributed by atoms with van der Waals surface area (Å²) in [5.74, 6) is 0.512. The molecule has 0 heterocycles. The zero-order chi connectivity index (χ0) is 13.5. The van der Waals surface area contributed by atoms with Crippen molar-refractivity contribution in [1.29, 1.82) is 0 Å². The van der Waals surface area contributed by atoms with E-state index in [0.29, 0.717) is 12.5 Å². The minimum Gasteiger partial charge on any atom is -0.387 e. The summed E-state index contributed by atoms with van der Waals surface area (Å²) < 4.78 is 0. The maximum atomic E-state index is 10.1. The summed E-state index contributed by atoms with van der Waals surface area (Å²) in [7, 11) is 2.03. The number of aliphatic hydroxyl groups excluding tert-OH is 1. The Morgan fingerprint density at radius 1 is 1.22 bits per heavy atom. The third-order valence-corrected chi connectivity index (χ3v) is 3.37. The van der Waals surface area contributed by atoms with Crippen molar-refractivity contribution in [2.45, 2.75) is 32.4 Å². The highest BCUT2D eigenvalue weighted by Gasteiger charge is 2.12. The zero-order valence-electron chi connectivity index (χ0n) is 11.7. The maximum Gasteiger partial charge on any atom is 0.0916 e. The van der Waals surface area contributed by atoms with Crippen molar-refractivity contribution >= 4 is 0 Å². The number of aliphatic hydroxyl groups is 1. The van der Waals surface area contributed by atoms with Crippen molar-refractivity contribution in [3.8, 4) is 0 Å². The monoisotopic (exact) mass is 250 g/mol. The lowest BCUT2D eigenvalue weighted by Crippen LogP contribution is -2.33. The second-order valence-electron chi connectivity index (χ2n) is 5.39. The van der Waals surface area contributed by atoms with Crippen LogP contribution in [-0.2, 0) is 0 Å². The maximum absolute atomic E-state index is 10.1. The first-order valence-corrected chi connectivity index (χ1v) is 6.68. The minimum absolute atomic E-state index is 0.237. The van der Waals surface area contributed by atoms with E-state index in [0.717, 1.165) is 18.5 Å². The molecule has 2 atom stereocenters. The summed E-state index contributed by atoms with van der Waals surface area (Å²) in [4.78, 5) is 2.14. The minimum atomic E-state index is -0.425. The molecule has 3 nitrogen and oxygen atoms in total. The van der Waals surface area contributed by atoms with E-state index in [4.69, 9.17) is 5.73 Å². The van der Waals surface area contributed by atoms with Gasteiger partial charge in [-0.25, -0.2) is 0 Å². The Bertz CT molecular complexity index is 327. The van der Waals surface area contributed by atoms with Crippen LogP contribution in [0.15, 0.2) is 30.3 Å². The number of nitrogens with two attached hydrogens (primary N) is 1. The predicted molar refractivity (Wildman–Crippen MR) is 76.3 cm³/mol. The van der Waals surface area contributed by atoms with Gasteiger partial charge in [0, 0.05) is 12.6 Å². The fourth-order valence-corrected chi connectivity index (χ4v) is 1.87. The summed E-state index contributed by atoms with van der Waals surface area (Å²) in [5, 5.41) is 10.1. The summed E-state index contributed by atoms with van der Waals surface area (Å²) in [5.41, 5.74) is 6.99. The molecule has 1 rings (SSSR count). The fraction of sp³-hybridized carbons (Fsp3) is 0.600. The molecule has 1 aromatic rings. The van der Waals surface area contributed by atoms with Crippen LogP contribution >= 0.6 is 0 Å². The summed E-state index contributed by atoms with van der Waals surface area (Å²) in [6.45, 7) is 5.85. The Kier molecular flexibility index (Phi) is 6.33. The van der Waals surface area contributed by atoms with E-state index in [1.165, 1.54) is 0 Å². The van der Waals surface area contributed by atoms with E-state index >= 15 is 0 Å². The van der Waals surface area contributed by atoms with Crippen molar-refractivity contribution in [1.82, 2.24) is 4.90 Å². The van der Waals surface area contributed by atoms with E-state index in [9.17, 15) is 5.11 Å². The molecule has 3 heteroatoms. The van der Waals surface area contributed by atoms with E-state index in [2.05, 4.69) is 18.7 Å². The molecule has 18 heavy (non-hydrogen) atoms. The van der Waals surface area contributed by atoms with Crippen molar-refractivity contribution in [3.63, 3.8) is 0 Å². The number of hydrogen-bond donors (Lipinski definition) is 2. The van der Waals surface area contributed by atoms with Crippen molar-refractivity contribution in [2.75, 3.05) is 20.1 Å². The quantitative estimate of drug-likeness (QED) is 0.778. The molecule has 0 amide bonds. The summed E-state index contributed by atoms with van der Waals surface area (Å²) >= 11 is 0. The van der Waals surface area contributed by atoms with Crippen LogP contribution in [0.5, 0.6) is 0 Å². The molecular weight excluding hydrogens is 224 g/mol. The highest BCUT2D eigenvalue weighted by molar-refractivity contribution is 5.17. The Hall–Kier alpha value is -0.900. The molecule has 0 spiro atoms.